The molecule has 1 aliphatic rings. The first-order chi connectivity index (χ1) is 11.6. The number of likely N-dealkylation sites (tertiary alicyclic amines) is 1. The molecule has 2 aromatic rings. The number of anilines is 1. The van der Waals surface area contributed by atoms with Crippen molar-refractivity contribution in [2.75, 3.05) is 18.0 Å². The third kappa shape index (κ3) is 3.02. The maximum atomic E-state index is 12.7. The molecule has 0 unspecified atom stereocenters. The lowest BCUT2D eigenvalue weighted by atomic mass is 10.1. The normalized spacial score (nSPS) is 14.5. The highest BCUT2D eigenvalue weighted by Gasteiger charge is 2.29. The van der Waals surface area contributed by atoms with Gasteiger partial charge in [-0.1, -0.05) is 36.4 Å². The van der Waals surface area contributed by atoms with E-state index in [0.29, 0.717) is 6.54 Å². The predicted octanol–water partition coefficient (Wildman–Crippen LogP) is 2.73. The molecule has 3 amide bonds. The van der Waals surface area contributed by atoms with E-state index >= 15 is 0 Å². The Morgan fingerprint density at radius 3 is 2.42 bits per heavy atom. The highest BCUT2D eigenvalue weighted by atomic mass is 16.2. The van der Waals surface area contributed by atoms with Gasteiger partial charge in [0.2, 0.25) is 17.7 Å². The Balaban J connectivity index is 1.79. The largest absolute Gasteiger partial charge is 0.312 e. The molecule has 0 bridgehead atoms. The molecule has 0 N–H and O–H groups in total. The van der Waals surface area contributed by atoms with Crippen LogP contribution in [0, 0.1) is 0 Å². The highest BCUT2D eigenvalue weighted by molar-refractivity contribution is 6.05. The van der Waals surface area contributed by atoms with E-state index in [9.17, 15) is 14.4 Å². The average molecular weight is 324 g/mol. The van der Waals surface area contributed by atoms with E-state index in [1.54, 1.807) is 4.90 Å². The average Bonchev–Trinajstić information content (AvgIpc) is 2.92. The Labute approximate surface area is 140 Å². The van der Waals surface area contributed by atoms with Crippen molar-refractivity contribution >= 4 is 34.2 Å². The SMILES string of the molecule is CCN(C(=O)CCN1C(=O)CCC1=O)c1cccc2ccccc12. The minimum absolute atomic E-state index is 0.0821. The van der Waals surface area contributed by atoms with Gasteiger partial charge in [0.05, 0.1) is 5.69 Å². The summed E-state index contributed by atoms with van der Waals surface area (Å²) in [5, 5.41) is 2.09. The van der Waals surface area contributed by atoms with E-state index in [0.717, 1.165) is 16.5 Å². The second kappa shape index (κ2) is 6.83. The number of rotatable bonds is 5. The zero-order chi connectivity index (χ0) is 17.1. The van der Waals surface area contributed by atoms with Gasteiger partial charge in [0, 0.05) is 37.7 Å². The predicted molar refractivity (Wildman–Crippen MR) is 92.5 cm³/mol. The van der Waals surface area contributed by atoms with Gasteiger partial charge < -0.3 is 4.90 Å². The minimum atomic E-state index is -0.180. The maximum absolute atomic E-state index is 12.7. The van der Waals surface area contributed by atoms with Crippen molar-refractivity contribution in [2.45, 2.75) is 26.2 Å². The third-order valence-corrected chi connectivity index (χ3v) is 4.38. The summed E-state index contributed by atoms with van der Waals surface area (Å²) in [7, 11) is 0. The summed E-state index contributed by atoms with van der Waals surface area (Å²) in [6.07, 6.45) is 0.663. The number of hydrogen-bond donors (Lipinski definition) is 0. The molecular weight excluding hydrogens is 304 g/mol. The monoisotopic (exact) mass is 324 g/mol. The van der Waals surface area contributed by atoms with E-state index in [4.69, 9.17) is 0 Å². The number of fused-ring (bicyclic) bond motifs is 1. The maximum Gasteiger partial charge on any atom is 0.229 e. The van der Waals surface area contributed by atoms with E-state index in [1.807, 2.05) is 49.4 Å². The fourth-order valence-corrected chi connectivity index (χ4v) is 3.14. The van der Waals surface area contributed by atoms with Crippen LogP contribution in [0.2, 0.25) is 0 Å². The van der Waals surface area contributed by atoms with Crippen LogP contribution in [-0.4, -0.2) is 35.7 Å². The van der Waals surface area contributed by atoms with Gasteiger partial charge >= 0.3 is 0 Å². The Kier molecular flexibility index (Phi) is 4.60. The molecule has 0 radical (unpaired) electrons. The summed E-state index contributed by atoms with van der Waals surface area (Å²) in [4.78, 5) is 38.9. The lowest BCUT2D eigenvalue weighted by Crippen LogP contribution is -2.36. The van der Waals surface area contributed by atoms with E-state index < -0.39 is 0 Å². The second-order valence-electron chi connectivity index (χ2n) is 5.83. The number of benzene rings is 2. The minimum Gasteiger partial charge on any atom is -0.312 e. The van der Waals surface area contributed by atoms with Gasteiger partial charge in [-0.05, 0) is 18.4 Å². The van der Waals surface area contributed by atoms with E-state index in [-0.39, 0.29) is 43.5 Å². The number of nitrogens with zero attached hydrogens (tertiary/aromatic N) is 2. The number of hydrogen-bond acceptors (Lipinski definition) is 3. The number of carbonyl (C=O) groups is 3. The van der Waals surface area contributed by atoms with Gasteiger partial charge in [-0.25, -0.2) is 0 Å². The Morgan fingerprint density at radius 1 is 1.04 bits per heavy atom. The Bertz CT molecular complexity index is 779. The molecule has 0 saturated carbocycles. The Hall–Kier alpha value is -2.69. The molecular formula is C19H20N2O3. The zero-order valence-corrected chi connectivity index (χ0v) is 13.7. The van der Waals surface area contributed by atoms with Crippen LogP contribution < -0.4 is 4.90 Å². The number of amides is 3. The smallest absolute Gasteiger partial charge is 0.229 e. The summed E-state index contributed by atoms with van der Waals surface area (Å²) in [6, 6.07) is 13.8. The first kappa shape index (κ1) is 16.2. The van der Waals surface area contributed by atoms with Crippen LogP contribution in [0.5, 0.6) is 0 Å². The summed E-state index contributed by atoms with van der Waals surface area (Å²) in [5.41, 5.74) is 0.861. The van der Waals surface area contributed by atoms with Gasteiger partial charge in [0.15, 0.2) is 0 Å². The molecule has 1 fully saturated rings. The molecule has 1 aliphatic heterocycles. The Morgan fingerprint density at radius 2 is 1.71 bits per heavy atom. The zero-order valence-electron chi connectivity index (χ0n) is 13.7. The summed E-state index contributed by atoms with van der Waals surface area (Å²) in [5.74, 6) is -0.441. The van der Waals surface area contributed by atoms with Gasteiger partial charge in [-0.3, -0.25) is 19.3 Å². The molecule has 0 atom stereocenters. The van der Waals surface area contributed by atoms with Crippen LogP contribution >= 0.6 is 0 Å². The van der Waals surface area contributed by atoms with E-state index in [1.165, 1.54) is 4.90 Å². The summed E-state index contributed by atoms with van der Waals surface area (Å²) in [6.45, 7) is 2.62. The van der Waals surface area contributed by atoms with Gasteiger partial charge in [-0.2, -0.15) is 0 Å². The van der Waals surface area contributed by atoms with Crippen molar-refractivity contribution in [3.8, 4) is 0 Å². The van der Waals surface area contributed by atoms with Crippen molar-refractivity contribution in [3.05, 3.63) is 42.5 Å². The molecule has 1 saturated heterocycles. The van der Waals surface area contributed by atoms with Crippen molar-refractivity contribution in [3.63, 3.8) is 0 Å². The van der Waals surface area contributed by atoms with Gasteiger partial charge in [0.25, 0.3) is 0 Å². The standard InChI is InChI=1S/C19H20N2O3/c1-2-20(16-9-5-7-14-6-3-4-8-15(14)16)19(24)12-13-21-17(22)10-11-18(21)23/h3-9H,2,10-13H2,1H3. The lowest BCUT2D eigenvalue weighted by molar-refractivity contribution is -0.138. The summed E-state index contributed by atoms with van der Waals surface area (Å²) >= 11 is 0. The number of imide groups is 1. The van der Waals surface area contributed by atoms with Crippen LogP contribution in [0.15, 0.2) is 42.5 Å². The first-order valence-corrected chi connectivity index (χ1v) is 8.23. The van der Waals surface area contributed by atoms with E-state index in [2.05, 4.69) is 0 Å². The van der Waals surface area contributed by atoms with Crippen molar-refractivity contribution in [2.24, 2.45) is 0 Å². The van der Waals surface area contributed by atoms with Crippen LogP contribution in [-0.2, 0) is 14.4 Å². The lowest BCUT2D eigenvalue weighted by Gasteiger charge is -2.24. The second-order valence-corrected chi connectivity index (χ2v) is 5.83. The fraction of sp³-hybridized carbons (Fsp3) is 0.316. The van der Waals surface area contributed by atoms with Crippen LogP contribution in [0.3, 0.4) is 0 Å². The molecule has 0 aromatic heterocycles. The first-order valence-electron chi connectivity index (χ1n) is 8.23. The van der Waals surface area contributed by atoms with Crippen LogP contribution in [0.1, 0.15) is 26.2 Å². The van der Waals surface area contributed by atoms with Crippen LogP contribution in [0.25, 0.3) is 10.8 Å². The molecule has 0 aliphatic carbocycles. The number of carbonyl (C=O) groups excluding carboxylic acids is 3. The van der Waals surface area contributed by atoms with Gasteiger partial charge in [-0.15, -0.1) is 0 Å². The van der Waals surface area contributed by atoms with Crippen molar-refractivity contribution < 1.29 is 14.4 Å². The van der Waals surface area contributed by atoms with Crippen molar-refractivity contribution in [1.29, 1.82) is 0 Å². The molecule has 2 aromatic carbocycles. The molecule has 3 rings (SSSR count). The molecule has 24 heavy (non-hydrogen) atoms. The van der Waals surface area contributed by atoms with Crippen molar-refractivity contribution in [1.82, 2.24) is 4.90 Å². The van der Waals surface area contributed by atoms with Gasteiger partial charge in [0.1, 0.15) is 0 Å². The fourth-order valence-electron chi connectivity index (χ4n) is 3.14. The molecule has 5 heteroatoms. The molecule has 1 heterocycles. The topological polar surface area (TPSA) is 57.7 Å². The molecule has 124 valence electrons. The molecule has 0 spiro atoms. The highest BCUT2D eigenvalue weighted by Crippen LogP contribution is 2.27. The quantitative estimate of drug-likeness (QED) is 0.795. The summed E-state index contributed by atoms with van der Waals surface area (Å²) < 4.78 is 0. The third-order valence-electron chi connectivity index (χ3n) is 4.38. The van der Waals surface area contributed by atoms with Crippen LogP contribution in [0.4, 0.5) is 5.69 Å². The molecule has 5 nitrogen and oxygen atoms in total.